The number of aromatic nitrogens is 1. The molecular formula is C15H12FN3O. The van der Waals surface area contributed by atoms with Crippen LogP contribution in [0.25, 0.3) is 0 Å². The molecule has 0 unspecified atom stereocenters. The van der Waals surface area contributed by atoms with Crippen LogP contribution in [0, 0.1) is 17.1 Å². The molecule has 20 heavy (non-hydrogen) atoms. The van der Waals surface area contributed by atoms with E-state index in [9.17, 15) is 9.18 Å². The molecule has 1 N–H and O–H groups in total. The van der Waals surface area contributed by atoms with Crippen LogP contribution in [0.2, 0.25) is 0 Å². The Kier molecular flexibility index (Phi) is 4.40. The molecular weight excluding hydrogens is 257 g/mol. The molecule has 2 rings (SSSR count). The van der Waals surface area contributed by atoms with Crippen LogP contribution in [0.4, 0.5) is 4.39 Å². The molecule has 4 nitrogen and oxygen atoms in total. The van der Waals surface area contributed by atoms with Crippen molar-refractivity contribution in [1.29, 1.82) is 5.26 Å². The van der Waals surface area contributed by atoms with Crippen LogP contribution in [0.3, 0.4) is 0 Å². The van der Waals surface area contributed by atoms with E-state index in [1.54, 1.807) is 12.1 Å². The highest BCUT2D eigenvalue weighted by Crippen LogP contribution is 2.04. The monoisotopic (exact) mass is 269 g/mol. The van der Waals surface area contributed by atoms with Gasteiger partial charge in [0.2, 0.25) is 0 Å². The Hall–Kier alpha value is -2.74. The lowest BCUT2D eigenvalue weighted by Crippen LogP contribution is -2.25. The number of halogens is 1. The van der Waals surface area contributed by atoms with Gasteiger partial charge in [0.25, 0.3) is 5.91 Å². The highest BCUT2D eigenvalue weighted by atomic mass is 19.1. The molecule has 5 heteroatoms. The smallest absolute Gasteiger partial charge is 0.252 e. The molecule has 1 aromatic carbocycles. The Morgan fingerprint density at radius 2 is 2.05 bits per heavy atom. The average molecular weight is 269 g/mol. The van der Waals surface area contributed by atoms with E-state index < -0.39 is 0 Å². The molecule has 0 bridgehead atoms. The van der Waals surface area contributed by atoms with Crippen molar-refractivity contribution in [2.75, 3.05) is 6.54 Å². The molecule has 1 aromatic heterocycles. The second kappa shape index (κ2) is 6.43. The van der Waals surface area contributed by atoms with Gasteiger partial charge in [-0.15, -0.1) is 0 Å². The van der Waals surface area contributed by atoms with Crippen molar-refractivity contribution in [1.82, 2.24) is 10.3 Å². The normalized spacial score (nSPS) is 9.80. The lowest BCUT2D eigenvalue weighted by Gasteiger charge is -2.05. The summed E-state index contributed by atoms with van der Waals surface area (Å²) in [5.41, 5.74) is 1.63. The van der Waals surface area contributed by atoms with Gasteiger partial charge in [0.05, 0.1) is 11.1 Å². The van der Waals surface area contributed by atoms with Gasteiger partial charge in [-0.05, 0) is 30.2 Å². The van der Waals surface area contributed by atoms with E-state index in [0.29, 0.717) is 24.1 Å². The third-order valence-electron chi connectivity index (χ3n) is 2.74. The van der Waals surface area contributed by atoms with Gasteiger partial charge in [-0.3, -0.25) is 9.78 Å². The van der Waals surface area contributed by atoms with Crippen molar-refractivity contribution >= 4 is 5.91 Å². The Bertz CT molecular complexity index is 647. The molecule has 1 amide bonds. The maximum absolute atomic E-state index is 12.7. The van der Waals surface area contributed by atoms with E-state index >= 15 is 0 Å². The summed E-state index contributed by atoms with van der Waals surface area (Å²) in [6, 6.07) is 9.55. The SMILES string of the molecule is N#Cc1cncc(C(=O)NCCc2ccc(F)cc2)c1. The summed E-state index contributed by atoms with van der Waals surface area (Å²) in [6.07, 6.45) is 3.42. The van der Waals surface area contributed by atoms with Crippen molar-refractivity contribution < 1.29 is 9.18 Å². The third kappa shape index (κ3) is 3.62. The lowest BCUT2D eigenvalue weighted by molar-refractivity contribution is 0.0953. The molecule has 0 aliphatic heterocycles. The fraction of sp³-hybridized carbons (Fsp3) is 0.133. The molecule has 0 aliphatic carbocycles. The predicted molar refractivity (Wildman–Crippen MR) is 71.4 cm³/mol. The fourth-order valence-electron chi connectivity index (χ4n) is 1.70. The maximum atomic E-state index is 12.7. The lowest BCUT2D eigenvalue weighted by atomic mass is 10.1. The predicted octanol–water partition coefficient (Wildman–Crippen LogP) is 2.06. The van der Waals surface area contributed by atoms with Crippen molar-refractivity contribution in [3.63, 3.8) is 0 Å². The van der Waals surface area contributed by atoms with E-state index in [1.165, 1.54) is 30.6 Å². The minimum Gasteiger partial charge on any atom is -0.352 e. The van der Waals surface area contributed by atoms with E-state index in [4.69, 9.17) is 5.26 Å². The van der Waals surface area contributed by atoms with Crippen molar-refractivity contribution in [2.24, 2.45) is 0 Å². The van der Waals surface area contributed by atoms with Gasteiger partial charge in [-0.2, -0.15) is 5.26 Å². The number of carbonyl (C=O) groups is 1. The Labute approximate surface area is 115 Å². The number of benzene rings is 1. The number of hydrogen-bond acceptors (Lipinski definition) is 3. The zero-order valence-electron chi connectivity index (χ0n) is 10.6. The molecule has 0 atom stereocenters. The van der Waals surface area contributed by atoms with Gasteiger partial charge in [0.15, 0.2) is 0 Å². The first-order valence-electron chi connectivity index (χ1n) is 6.07. The van der Waals surface area contributed by atoms with Crippen LogP contribution in [0.15, 0.2) is 42.7 Å². The van der Waals surface area contributed by atoms with Gasteiger partial charge < -0.3 is 5.32 Å². The molecule has 100 valence electrons. The molecule has 1 heterocycles. The van der Waals surface area contributed by atoms with Gasteiger partial charge in [0, 0.05) is 18.9 Å². The number of hydrogen-bond donors (Lipinski definition) is 1. The Morgan fingerprint density at radius 1 is 1.30 bits per heavy atom. The third-order valence-corrected chi connectivity index (χ3v) is 2.74. The standard InChI is InChI=1S/C15H12FN3O/c16-14-3-1-11(2-4-14)5-6-19-15(20)13-7-12(8-17)9-18-10-13/h1-4,7,9-10H,5-6H2,(H,19,20). The zero-order valence-corrected chi connectivity index (χ0v) is 10.6. The molecule has 0 saturated heterocycles. The first-order chi connectivity index (χ1) is 9.69. The van der Waals surface area contributed by atoms with E-state index in [2.05, 4.69) is 10.3 Å². The summed E-state index contributed by atoms with van der Waals surface area (Å²) in [6.45, 7) is 0.432. The summed E-state index contributed by atoms with van der Waals surface area (Å²) in [4.78, 5) is 15.7. The summed E-state index contributed by atoms with van der Waals surface area (Å²) in [7, 11) is 0. The van der Waals surface area contributed by atoms with Crippen LogP contribution in [-0.2, 0) is 6.42 Å². The van der Waals surface area contributed by atoms with Crippen LogP contribution >= 0.6 is 0 Å². The summed E-state index contributed by atoms with van der Waals surface area (Å²) in [5, 5.41) is 11.5. The second-order valence-electron chi connectivity index (χ2n) is 4.21. The van der Waals surface area contributed by atoms with E-state index in [0.717, 1.165) is 5.56 Å². The number of nitrogens with one attached hydrogen (secondary N) is 1. The second-order valence-corrected chi connectivity index (χ2v) is 4.21. The number of amides is 1. The number of pyridine rings is 1. The summed E-state index contributed by atoms with van der Waals surface area (Å²) >= 11 is 0. The highest BCUT2D eigenvalue weighted by molar-refractivity contribution is 5.94. The molecule has 0 fully saturated rings. The van der Waals surface area contributed by atoms with Crippen molar-refractivity contribution in [3.8, 4) is 6.07 Å². The molecule has 0 aliphatic rings. The maximum Gasteiger partial charge on any atom is 0.252 e. The van der Waals surface area contributed by atoms with Crippen LogP contribution in [0.1, 0.15) is 21.5 Å². The van der Waals surface area contributed by atoms with E-state index in [-0.39, 0.29) is 11.7 Å². The Morgan fingerprint density at radius 3 is 2.75 bits per heavy atom. The molecule has 0 radical (unpaired) electrons. The van der Waals surface area contributed by atoms with Gasteiger partial charge >= 0.3 is 0 Å². The van der Waals surface area contributed by atoms with Gasteiger partial charge in [0.1, 0.15) is 11.9 Å². The van der Waals surface area contributed by atoms with Gasteiger partial charge in [-0.1, -0.05) is 12.1 Å². The largest absolute Gasteiger partial charge is 0.352 e. The van der Waals surface area contributed by atoms with Crippen molar-refractivity contribution in [2.45, 2.75) is 6.42 Å². The van der Waals surface area contributed by atoms with Crippen LogP contribution in [-0.4, -0.2) is 17.4 Å². The number of nitriles is 1. The fourth-order valence-corrected chi connectivity index (χ4v) is 1.70. The molecule has 2 aromatic rings. The molecule has 0 saturated carbocycles. The summed E-state index contributed by atoms with van der Waals surface area (Å²) in [5.74, 6) is -0.561. The minimum atomic E-state index is -0.281. The average Bonchev–Trinajstić information content (AvgIpc) is 2.49. The number of nitrogens with zero attached hydrogens (tertiary/aromatic N) is 2. The minimum absolute atomic E-state index is 0.280. The van der Waals surface area contributed by atoms with Gasteiger partial charge in [-0.25, -0.2) is 4.39 Å². The quantitative estimate of drug-likeness (QED) is 0.924. The first kappa shape index (κ1) is 13.7. The first-order valence-corrected chi connectivity index (χ1v) is 6.07. The summed E-state index contributed by atoms with van der Waals surface area (Å²) < 4.78 is 12.7. The number of carbonyl (C=O) groups excluding carboxylic acids is 1. The van der Waals surface area contributed by atoms with Crippen LogP contribution < -0.4 is 5.32 Å². The number of rotatable bonds is 4. The zero-order chi connectivity index (χ0) is 14.4. The Balaban J connectivity index is 1.89. The van der Waals surface area contributed by atoms with Crippen molar-refractivity contribution in [3.05, 3.63) is 65.2 Å². The van der Waals surface area contributed by atoms with E-state index in [1.807, 2.05) is 6.07 Å². The van der Waals surface area contributed by atoms with Crippen LogP contribution in [0.5, 0.6) is 0 Å². The highest BCUT2D eigenvalue weighted by Gasteiger charge is 2.06. The molecule has 0 spiro atoms. The topological polar surface area (TPSA) is 65.8 Å².